The van der Waals surface area contributed by atoms with Crippen LogP contribution in [0.3, 0.4) is 0 Å². The average Bonchev–Trinajstić information content (AvgIpc) is 2.64. The summed E-state index contributed by atoms with van der Waals surface area (Å²) in [6, 6.07) is 5.07. The Labute approximate surface area is 151 Å². The Morgan fingerprint density at radius 2 is 1.88 bits per heavy atom. The van der Waals surface area contributed by atoms with Gasteiger partial charge in [-0.25, -0.2) is 14.2 Å². The molecule has 0 bridgehead atoms. The first-order valence-electron chi connectivity index (χ1n) is 8.23. The lowest BCUT2D eigenvalue weighted by molar-refractivity contribution is 0.122. The highest BCUT2D eigenvalue weighted by Crippen LogP contribution is 2.24. The van der Waals surface area contributed by atoms with Crippen molar-refractivity contribution in [3.05, 3.63) is 36.3 Å². The molecule has 2 amide bonds. The number of nitrogens with one attached hydrogen (secondary N) is 2. The zero-order valence-electron chi connectivity index (χ0n) is 14.7. The lowest BCUT2D eigenvalue weighted by atomic mass is 10.3. The van der Waals surface area contributed by atoms with Gasteiger partial charge in [-0.2, -0.15) is 4.98 Å². The molecule has 0 atom stereocenters. The zero-order valence-corrected chi connectivity index (χ0v) is 14.7. The monoisotopic (exact) mass is 360 g/mol. The molecule has 1 fully saturated rings. The van der Waals surface area contributed by atoms with Crippen LogP contribution in [0.2, 0.25) is 0 Å². The topological polar surface area (TPSA) is 82.6 Å². The quantitative estimate of drug-likeness (QED) is 0.870. The van der Waals surface area contributed by atoms with Gasteiger partial charge >= 0.3 is 6.03 Å². The molecule has 138 valence electrons. The summed E-state index contributed by atoms with van der Waals surface area (Å²) in [7, 11) is 3.68. The van der Waals surface area contributed by atoms with Gasteiger partial charge in [0.15, 0.2) is 5.82 Å². The smallest absolute Gasteiger partial charge is 0.323 e. The second-order valence-corrected chi connectivity index (χ2v) is 5.99. The van der Waals surface area contributed by atoms with Gasteiger partial charge in [0.25, 0.3) is 0 Å². The van der Waals surface area contributed by atoms with E-state index in [1.807, 2.05) is 19.0 Å². The second-order valence-electron chi connectivity index (χ2n) is 5.99. The Morgan fingerprint density at radius 3 is 2.54 bits per heavy atom. The zero-order chi connectivity index (χ0) is 18.5. The Bertz CT molecular complexity index is 762. The van der Waals surface area contributed by atoms with E-state index >= 15 is 0 Å². The van der Waals surface area contributed by atoms with E-state index in [0.717, 1.165) is 13.1 Å². The molecule has 9 heteroatoms. The van der Waals surface area contributed by atoms with Crippen LogP contribution in [-0.2, 0) is 4.74 Å². The number of anilines is 4. The molecule has 0 radical (unpaired) electrons. The molecule has 0 unspecified atom stereocenters. The predicted octanol–water partition coefficient (Wildman–Crippen LogP) is 2.16. The van der Waals surface area contributed by atoms with Gasteiger partial charge in [0, 0.05) is 32.9 Å². The van der Waals surface area contributed by atoms with Crippen molar-refractivity contribution in [2.24, 2.45) is 0 Å². The van der Waals surface area contributed by atoms with Crippen molar-refractivity contribution in [3.63, 3.8) is 0 Å². The summed E-state index contributed by atoms with van der Waals surface area (Å²) in [5.41, 5.74) is 0.966. The SMILES string of the molecule is CN(C)c1nc(N2CCOCC2)ncc1NC(=O)Nc1ccc(F)cc1. The van der Waals surface area contributed by atoms with Crippen LogP contribution >= 0.6 is 0 Å². The van der Waals surface area contributed by atoms with Crippen molar-refractivity contribution in [1.29, 1.82) is 0 Å². The van der Waals surface area contributed by atoms with Crippen molar-refractivity contribution in [3.8, 4) is 0 Å². The fourth-order valence-corrected chi connectivity index (χ4v) is 2.53. The molecule has 2 N–H and O–H groups in total. The number of rotatable bonds is 4. The molecule has 0 saturated carbocycles. The van der Waals surface area contributed by atoms with E-state index in [1.54, 1.807) is 11.1 Å². The van der Waals surface area contributed by atoms with Crippen molar-refractivity contribution >= 4 is 29.2 Å². The molecule has 1 saturated heterocycles. The van der Waals surface area contributed by atoms with Gasteiger partial charge in [0.1, 0.15) is 11.5 Å². The van der Waals surface area contributed by atoms with Crippen molar-refractivity contribution in [1.82, 2.24) is 9.97 Å². The third kappa shape index (κ3) is 4.37. The van der Waals surface area contributed by atoms with Crippen LogP contribution in [0.15, 0.2) is 30.5 Å². The summed E-state index contributed by atoms with van der Waals surface area (Å²) in [6.45, 7) is 2.73. The number of aromatic nitrogens is 2. The van der Waals surface area contributed by atoms with Gasteiger partial charge in [-0.15, -0.1) is 0 Å². The number of amides is 2. The minimum absolute atomic E-state index is 0.363. The molecule has 1 aliphatic rings. The van der Waals surface area contributed by atoms with E-state index in [-0.39, 0.29) is 5.82 Å². The fourth-order valence-electron chi connectivity index (χ4n) is 2.53. The average molecular weight is 360 g/mol. The predicted molar refractivity (Wildman–Crippen MR) is 98.4 cm³/mol. The number of carbonyl (C=O) groups excluding carboxylic acids is 1. The molecule has 1 aromatic heterocycles. The molecular weight excluding hydrogens is 339 g/mol. The Morgan fingerprint density at radius 1 is 1.19 bits per heavy atom. The van der Waals surface area contributed by atoms with Crippen molar-refractivity contribution < 1.29 is 13.9 Å². The highest BCUT2D eigenvalue weighted by Gasteiger charge is 2.18. The van der Waals surface area contributed by atoms with Crippen molar-refractivity contribution in [2.45, 2.75) is 0 Å². The molecule has 2 heterocycles. The first kappa shape index (κ1) is 17.9. The number of morpholine rings is 1. The van der Waals surface area contributed by atoms with E-state index in [1.165, 1.54) is 24.3 Å². The van der Waals surface area contributed by atoms with E-state index in [2.05, 4.69) is 20.6 Å². The summed E-state index contributed by atoms with van der Waals surface area (Å²) in [6.07, 6.45) is 1.58. The van der Waals surface area contributed by atoms with E-state index in [9.17, 15) is 9.18 Å². The van der Waals surface area contributed by atoms with Gasteiger partial charge in [0.2, 0.25) is 5.95 Å². The van der Waals surface area contributed by atoms with Crippen LogP contribution in [0.5, 0.6) is 0 Å². The van der Waals surface area contributed by atoms with Gasteiger partial charge in [0.05, 0.1) is 19.4 Å². The maximum atomic E-state index is 12.9. The molecule has 26 heavy (non-hydrogen) atoms. The van der Waals surface area contributed by atoms with Gasteiger partial charge < -0.3 is 25.2 Å². The molecule has 1 aliphatic heterocycles. The standard InChI is InChI=1S/C17H21FN6O2/c1-23(2)15-14(11-19-16(22-15)24-7-9-26-10-8-24)21-17(25)20-13-5-3-12(18)4-6-13/h3-6,11H,7-10H2,1-2H3,(H2,20,21,25). The minimum Gasteiger partial charge on any atom is -0.378 e. The van der Waals surface area contributed by atoms with Crippen LogP contribution in [0, 0.1) is 5.82 Å². The molecule has 0 spiro atoms. The third-order valence-corrected chi connectivity index (χ3v) is 3.82. The third-order valence-electron chi connectivity index (χ3n) is 3.82. The second kappa shape index (κ2) is 7.96. The minimum atomic E-state index is -0.456. The Kier molecular flexibility index (Phi) is 5.47. The summed E-state index contributed by atoms with van der Waals surface area (Å²) < 4.78 is 18.3. The lowest BCUT2D eigenvalue weighted by Crippen LogP contribution is -2.37. The molecule has 2 aromatic rings. The number of ether oxygens (including phenoxy) is 1. The van der Waals surface area contributed by atoms with E-state index < -0.39 is 6.03 Å². The number of carbonyl (C=O) groups is 1. The van der Waals surface area contributed by atoms with E-state index in [0.29, 0.717) is 36.4 Å². The fraction of sp³-hybridized carbons (Fsp3) is 0.353. The Hall–Kier alpha value is -2.94. The van der Waals surface area contributed by atoms with Crippen LogP contribution in [0.1, 0.15) is 0 Å². The van der Waals surface area contributed by atoms with Gasteiger partial charge in [-0.1, -0.05) is 0 Å². The maximum Gasteiger partial charge on any atom is 0.323 e. The first-order valence-corrected chi connectivity index (χ1v) is 8.23. The summed E-state index contributed by atoms with van der Waals surface area (Å²) in [4.78, 5) is 25.0. The lowest BCUT2D eigenvalue weighted by Gasteiger charge is -2.28. The maximum absolute atomic E-state index is 12.9. The molecule has 0 aliphatic carbocycles. The van der Waals surface area contributed by atoms with Gasteiger partial charge in [-0.3, -0.25) is 0 Å². The molecule has 1 aromatic carbocycles. The first-order chi connectivity index (χ1) is 12.5. The van der Waals surface area contributed by atoms with Gasteiger partial charge in [-0.05, 0) is 24.3 Å². The summed E-state index contributed by atoms with van der Waals surface area (Å²) >= 11 is 0. The number of nitrogens with zero attached hydrogens (tertiary/aromatic N) is 4. The Balaban J connectivity index is 1.73. The highest BCUT2D eigenvalue weighted by atomic mass is 19.1. The van der Waals surface area contributed by atoms with Crippen LogP contribution in [0.4, 0.5) is 32.3 Å². The van der Waals surface area contributed by atoms with Crippen LogP contribution < -0.4 is 20.4 Å². The van der Waals surface area contributed by atoms with Crippen LogP contribution in [-0.4, -0.2) is 56.4 Å². The molecule has 8 nitrogen and oxygen atoms in total. The number of hydrogen-bond acceptors (Lipinski definition) is 6. The van der Waals surface area contributed by atoms with E-state index in [4.69, 9.17) is 4.74 Å². The summed E-state index contributed by atoms with van der Waals surface area (Å²) in [5.74, 6) is 0.829. The molecule has 3 rings (SSSR count). The summed E-state index contributed by atoms with van der Waals surface area (Å²) in [5, 5.41) is 5.38. The van der Waals surface area contributed by atoms with Crippen molar-refractivity contribution in [2.75, 3.05) is 60.8 Å². The highest BCUT2D eigenvalue weighted by molar-refractivity contribution is 6.01. The number of halogens is 1. The largest absolute Gasteiger partial charge is 0.378 e. The normalized spacial score (nSPS) is 14.0. The number of urea groups is 1. The number of hydrogen-bond donors (Lipinski definition) is 2. The number of benzene rings is 1. The molecular formula is C17H21FN6O2. The van der Waals surface area contributed by atoms with Crippen LogP contribution in [0.25, 0.3) is 0 Å².